The van der Waals surface area contributed by atoms with Crippen molar-refractivity contribution in [3.8, 4) is 0 Å². The van der Waals surface area contributed by atoms with Crippen molar-refractivity contribution in [2.75, 3.05) is 25.0 Å². The normalized spacial score (nSPS) is 14.2. The van der Waals surface area contributed by atoms with E-state index in [-0.39, 0.29) is 0 Å². The van der Waals surface area contributed by atoms with Gasteiger partial charge in [0.25, 0.3) is 0 Å². The van der Waals surface area contributed by atoms with Gasteiger partial charge in [0, 0.05) is 44.6 Å². The quantitative estimate of drug-likeness (QED) is 0.596. The first-order chi connectivity index (χ1) is 11.8. The van der Waals surface area contributed by atoms with Crippen LogP contribution in [0.3, 0.4) is 0 Å². The molecule has 5 nitrogen and oxygen atoms in total. The predicted octanol–water partition coefficient (Wildman–Crippen LogP) is 2.51. The lowest BCUT2D eigenvalue weighted by Gasteiger charge is -2.22. The second kappa shape index (κ2) is 6.35. The number of benzene rings is 1. The zero-order chi connectivity index (χ0) is 16.4. The summed E-state index contributed by atoms with van der Waals surface area (Å²) in [5, 5.41) is 3.47. The van der Waals surface area contributed by atoms with Gasteiger partial charge in [-0.3, -0.25) is 4.99 Å². The number of nitrogens with zero attached hydrogens (tertiary/aromatic N) is 4. The van der Waals surface area contributed by atoms with E-state index in [2.05, 4.69) is 55.1 Å². The number of aliphatic imine (C=N–C) groups is 1. The van der Waals surface area contributed by atoms with Crippen molar-refractivity contribution >= 4 is 17.3 Å². The summed E-state index contributed by atoms with van der Waals surface area (Å²) in [7, 11) is 1.84. The topological polar surface area (TPSA) is 44.9 Å². The summed E-state index contributed by atoms with van der Waals surface area (Å²) in [6.45, 7) is 1.79. The van der Waals surface area contributed by atoms with Gasteiger partial charge in [0.2, 0.25) is 0 Å². The van der Waals surface area contributed by atoms with Crippen LogP contribution >= 0.6 is 0 Å². The average Bonchev–Trinajstić information content (AvgIpc) is 3.22. The molecule has 0 unspecified atom stereocenters. The number of nitrogens with one attached hydrogen (secondary N) is 1. The van der Waals surface area contributed by atoms with E-state index in [1.807, 2.05) is 31.4 Å². The summed E-state index contributed by atoms with van der Waals surface area (Å²) in [6.07, 6.45) is 6.06. The van der Waals surface area contributed by atoms with Crippen LogP contribution in [0.2, 0.25) is 0 Å². The summed E-state index contributed by atoms with van der Waals surface area (Å²) in [5.41, 5.74) is 4.73. The van der Waals surface area contributed by atoms with Crippen molar-refractivity contribution in [2.24, 2.45) is 4.99 Å². The summed E-state index contributed by atoms with van der Waals surface area (Å²) in [4.78, 5) is 11.3. The van der Waals surface area contributed by atoms with E-state index in [9.17, 15) is 0 Å². The minimum Gasteiger partial charge on any atom is -0.356 e. The maximum Gasteiger partial charge on any atom is 0.198 e. The molecule has 0 aliphatic carbocycles. The second-order valence-corrected chi connectivity index (χ2v) is 5.95. The standard InChI is InChI=1S/C19H21N5/c1-20-19(24-13-10-15-6-2-3-7-17(15)24)21-11-9-16-14-23-12-5-4-8-18(23)22-16/h2-8,12,14H,9-11,13H2,1H3,(H,20,21). The van der Waals surface area contributed by atoms with E-state index in [1.54, 1.807) is 0 Å². The summed E-state index contributed by atoms with van der Waals surface area (Å²) < 4.78 is 2.06. The molecule has 3 heterocycles. The minimum atomic E-state index is 0.815. The van der Waals surface area contributed by atoms with Gasteiger partial charge >= 0.3 is 0 Å². The Bertz CT molecular complexity index is 847. The third-order valence-electron chi connectivity index (χ3n) is 4.43. The highest BCUT2D eigenvalue weighted by Gasteiger charge is 2.22. The van der Waals surface area contributed by atoms with E-state index in [4.69, 9.17) is 0 Å². The van der Waals surface area contributed by atoms with Crippen molar-refractivity contribution in [1.82, 2.24) is 14.7 Å². The molecule has 0 bridgehead atoms. The Morgan fingerprint density at radius 1 is 1.21 bits per heavy atom. The van der Waals surface area contributed by atoms with Crippen molar-refractivity contribution < 1.29 is 0 Å². The zero-order valence-corrected chi connectivity index (χ0v) is 13.8. The van der Waals surface area contributed by atoms with E-state index in [0.717, 1.165) is 43.2 Å². The minimum absolute atomic E-state index is 0.815. The first kappa shape index (κ1) is 14.8. The van der Waals surface area contributed by atoms with Gasteiger partial charge in [0.05, 0.1) is 5.69 Å². The number of para-hydroxylation sites is 1. The van der Waals surface area contributed by atoms with Crippen molar-refractivity contribution in [2.45, 2.75) is 12.8 Å². The fraction of sp³-hybridized carbons (Fsp3) is 0.263. The van der Waals surface area contributed by atoms with Gasteiger partial charge in [-0.05, 0) is 30.2 Å². The van der Waals surface area contributed by atoms with Crippen LogP contribution in [0.4, 0.5) is 5.69 Å². The van der Waals surface area contributed by atoms with Crippen molar-refractivity contribution in [3.05, 3.63) is 66.1 Å². The molecular formula is C19H21N5. The molecule has 1 aromatic carbocycles. The number of hydrogen-bond donors (Lipinski definition) is 1. The highest BCUT2D eigenvalue weighted by Crippen LogP contribution is 2.27. The second-order valence-electron chi connectivity index (χ2n) is 5.95. The molecule has 0 atom stereocenters. The molecule has 0 amide bonds. The molecule has 4 rings (SSSR count). The molecule has 1 aliphatic heterocycles. The molecule has 0 saturated carbocycles. The van der Waals surface area contributed by atoms with E-state index in [1.165, 1.54) is 11.3 Å². The number of anilines is 1. The van der Waals surface area contributed by atoms with Crippen LogP contribution in [0.15, 0.2) is 59.9 Å². The lowest BCUT2D eigenvalue weighted by Crippen LogP contribution is -2.41. The van der Waals surface area contributed by atoms with Crippen LogP contribution in [0.25, 0.3) is 5.65 Å². The summed E-state index contributed by atoms with van der Waals surface area (Å²) >= 11 is 0. The molecule has 5 heteroatoms. The van der Waals surface area contributed by atoms with Crippen molar-refractivity contribution in [3.63, 3.8) is 0 Å². The Kier molecular flexibility index (Phi) is 3.91. The fourth-order valence-electron chi connectivity index (χ4n) is 3.26. The average molecular weight is 319 g/mol. The van der Waals surface area contributed by atoms with Crippen LogP contribution in [-0.4, -0.2) is 35.5 Å². The highest BCUT2D eigenvalue weighted by atomic mass is 15.3. The van der Waals surface area contributed by atoms with Gasteiger partial charge in [0.15, 0.2) is 5.96 Å². The van der Waals surface area contributed by atoms with Gasteiger partial charge < -0.3 is 14.6 Å². The molecule has 0 saturated heterocycles. The van der Waals surface area contributed by atoms with Crippen LogP contribution < -0.4 is 10.2 Å². The Labute approximate surface area is 141 Å². The van der Waals surface area contributed by atoms with Gasteiger partial charge in [-0.2, -0.15) is 0 Å². The summed E-state index contributed by atoms with van der Waals surface area (Å²) in [6, 6.07) is 14.6. The maximum absolute atomic E-state index is 4.64. The maximum atomic E-state index is 4.64. The Hall–Kier alpha value is -2.82. The lowest BCUT2D eigenvalue weighted by atomic mass is 10.2. The van der Waals surface area contributed by atoms with Gasteiger partial charge in [-0.25, -0.2) is 4.98 Å². The number of rotatable bonds is 3. The van der Waals surface area contributed by atoms with E-state index in [0.29, 0.717) is 0 Å². The van der Waals surface area contributed by atoms with Crippen molar-refractivity contribution in [1.29, 1.82) is 0 Å². The number of fused-ring (bicyclic) bond motifs is 2. The van der Waals surface area contributed by atoms with Gasteiger partial charge in [-0.1, -0.05) is 24.3 Å². The third kappa shape index (κ3) is 2.73. The smallest absolute Gasteiger partial charge is 0.198 e. The number of hydrogen-bond acceptors (Lipinski definition) is 2. The van der Waals surface area contributed by atoms with Crippen LogP contribution in [0.1, 0.15) is 11.3 Å². The largest absolute Gasteiger partial charge is 0.356 e. The van der Waals surface area contributed by atoms with Gasteiger partial charge in [0.1, 0.15) is 5.65 Å². The van der Waals surface area contributed by atoms with Gasteiger partial charge in [-0.15, -0.1) is 0 Å². The monoisotopic (exact) mass is 319 g/mol. The first-order valence-corrected chi connectivity index (χ1v) is 8.34. The third-order valence-corrected chi connectivity index (χ3v) is 4.43. The van der Waals surface area contributed by atoms with E-state index >= 15 is 0 Å². The predicted molar refractivity (Wildman–Crippen MR) is 97.7 cm³/mol. The number of aromatic nitrogens is 2. The molecule has 2 aromatic heterocycles. The fourth-order valence-corrected chi connectivity index (χ4v) is 3.26. The Morgan fingerprint density at radius 3 is 2.96 bits per heavy atom. The molecule has 24 heavy (non-hydrogen) atoms. The highest BCUT2D eigenvalue weighted by molar-refractivity contribution is 5.97. The number of pyridine rings is 1. The summed E-state index contributed by atoms with van der Waals surface area (Å²) in [5.74, 6) is 0.934. The lowest BCUT2D eigenvalue weighted by molar-refractivity contribution is 0.824. The molecular weight excluding hydrogens is 298 g/mol. The number of guanidine groups is 1. The zero-order valence-electron chi connectivity index (χ0n) is 13.8. The van der Waals surface area contributed by atoms with Crippen LogP contribution in [0.5, 0.6) is 0 Å². The molecule has 0 fully saturated rings. The van der Waals surface area contributed by atoms with E-state index < -0.39 is 0 Å². The molecule has 1 N–H and O–H groups in total. The molecule has 122 valence electrons. The molecule has 3 aromatic rings. The van der Waals surface area contributed by atoms with Crippen LogP contribution in [-0.2, 0) is 12.8 Å². The van der Waals surface area contributed by atoms with Crippen LogP contribution in [0, 0.1) is 0 Å². The Morgan fingerprint density at radius 2 is 2.08 bits per heavy atom. The Balaban J connectivity index is 1.41. The molecule has 1 aliphatic rings. The molecule has 0 spiro atoms. The first-order valence-electron chi connectivity index (χ1n) is 8.34. The SMILES string of the molecule is CN=C(NCCc1cn2ccccc2n1)N1CCc2ccccc21. The number of imidazole rings is 1. The molecule has 0 radical (unpaired) electrons.